The number of aromatic nitrogens is 1. The van der Waals surface area contributed by atoms with E-state index >= 15 is 0 Å². The lowest BCUT2D eigenvalue weighted by Crippen LogP contribution is -2.47. The summed E-state index contributed by atoms with van der Waals surface area (Å²) in [7, 11) is 2.18. The second-order valence-electron chi connectivity index (χ2n) is 5.64. The van der Waals surface area contributed by atoms with Crippen molar-refractivity contribution < 1.29 is 4.79 Å². The predicted octanol–water partition coefficient (Wildman–Crippen LogP) is 1.78. The van der Waals surface area contributed by atoms with Gasteiger partial charge in [-0.25, -0.2) is 0 Å². The fraction of sp³-hybridized carbons (Fsp3) is 0.600. The molecule has 1 amide bonds. The summed E-state index contributed by atoms with van der Waals surface area (Å²) in [5.74, 6) is 0.149. The van der Waals surface area contributed by atoms with Gasteiger partial charge in [-0.1, -0.05) is 0 Å². The van der Waals surface area contributed by atoms with E-state index in [0.29, 0.717) is 12.1 Å². The molecule has 102 valence electrons. The van der Waals surface area contributed by atoms with Crippen LogP contribution < -0.4 is 0 Å². The third-order valence-electron chi connectivity index (χ3n) is 4.49. The van der Waals surface area contributed by atoms with E-state index in [-0.39, 0.29) is 5.91 Å². The van der Waals surface area contributed by atoms with Crippen LogP contribution in [0.5, 0.6) is 0 Å². The summed E-state index contributed by atoms with van der Waals surface area (Å²) >= 11 is 0. The van der Waals surface area contributed by atoms with E-state index in [1.165, 1.54) is 12.8 Å². The Balaban J connectivity index is 1.78. The maximum absolute atomic E-state index is 12.6. The van der Waals surface area contributed by atoms with Crippen LogP contribution in [0.25, 0.3) is 0 Å². The van der Waals surface area contributed by atoms with Crippen molar-refractivity contribution in [3.63, 3.8) is 0 Å². The number of carbonyl (C=O) groups excluding carboxylic acids is 1. The molecule has 3 heterocycles. The minimum absolute atomic E-state index is 0.149. The number of nitrogens with zero attached hydrogens (tertiary/aromatic N) is 3. The average molecular weight is 259 g/mol. The molecule has 2 atom stereocenters. The Kier molecular flexibility index (Phi) is 3.51. The maximum atomic E-state index is 12.6. The summed E-state index contributed by atoms with van der Waals surface area (Å²) in [5.41, 5.74) is 0.718. The molecule has 0 spiro atoms. The zero-order chi connectivity index (χ0) is 13.2. The average Bonchev–Trinajstić information content (AvgIpc) is 3.07. The first-order chi connectivity index (χ1) is 9.27. The Morgan fingerprint density at radius 1 is 1.26 bits per heavy atom. The zero-order valence-electron chi connectivity index (χ0n) is 11.5. The van der Waals surface area contributed by atoms with Gasteiger partial charge in [0.1, 0.15) is 0 Å². The molecular formula is C15H21N3O. The van der Waals surface area contributed by atoms with Crippen LogP contribution in [-0.4, -0.2) is 52.9 Å². The molecule has 0 aromatic carbocycles. The van der Waals surface area contributed by atoms with Gasteiger partial charge in [0, 0.05) is 31.0 Å². The van der Waals surface area contributed by atoms with Crippen LogP contribution in [0, 0.1) is 0 Å². The predicted molar refractivity (Wildman–Crippen MR) is 73.9 cm³/mol. The van der Waals surface area contributed by atoms with Crippen LogP contribution >= 0.6 is 0 Å². The molecule has 2 aliphatic rings. The fourth-order valence-electron chi connectivity index (χ4n) is 3.52. The van der Waals surface area contributed by atoms with E-state index < -0.39 is 0 Å². The molecule has 2 aliphatic heterocycles. The van der Waals surface area contributed by atoms with Crippen LogP contribution in [0.4, 0.5) is 0 Å². The highest BCUT2D eigenvalue weighted by Gasteiger charge is 2.38. The molecule has 2 saturated heterocycles. The highest BCUT2D eigenvalue weighted by Crippen LogP contribution is 2.29. The standard InChI is InChI=1S/C15H21N3O/c1-17-9-3-6-13(17)14-7-4-10-18(14)15(19)12-5-2-8-16-11-12/h2,5,8,11,13-14H,3-4,6-7,9-10H2,1H3/t13-,14-/m0/s1. The van der Waals surface area contributed by atoms with Crippen molar-refractivity contribution in [2.24, 2.45) is 0 Å². The summed E-state index contributed by atoms with van der Waals surface area (Å²) in [6, 6.07) is 4.63. The van der Waals surface area contributed by atoms with E-state index in [0.717, 1.165) is 31.5 Å². The quantitative estimate of drug-likeness (QED) is 0.812. The SMILES string of the molecule is CN1CCC[C@H]1[C@@H]1CCCN1C(=O)c1cccnc1. The number of likely N-dealkylation sites (N-methyl/N-ethyl adjacent to an activating group) is 1. The van der Waals surface area contributed by atoms with Crippen LogP contribution in [0.2, 0.25) is 0 Å². The number of amides is 1. The maximum Gasteiger partial charge on any atom is 0.255 e. The lowest BCUT2D eigenvalue weighted by molar-refractivity contribution is 0.0664. The summed E-state index contributed by atoms with van der Waals surface area (Å²) in [6.45, 7) is 2.05. The van der Waals surface area contributed by atoms with Crippen molar-refractivity contribution in [3.8, 4) is 0 Å². The summed E-state index contributed by atoms with van der Waals surface area (Å²) in [6.07, 6.45) is 8.13. The Hall–Kier alpha value is -1.42. The van der Waals surface area contributed by atoms with Gasteiger partial charge in [0.25, 0.3) is 5.91 Å². The molecule has 0 bridgehead atoms. The zero-order valence-corrected chi connectivity index (χ0v) is 11.5. The lowest BCUT2D eigenvalue weighted by Gasteiger charge is -2.33. The largest absolute Gasteiger partial charge is 0.334 e. The fourth-order valence-corrected chi connectivity index (χ4v) is 3.52. The van der Waals surface area contributed by atoms with Gasteiger partial charge in [-0.3, -0.25) is 9.78 Å². The highest BCUT2D eigenvalue weighted by molar-refractivity contribution is 5.94. The third kappa shape index (κ3) is 2.37. The van der Waals surface area contributed by atoms with Crippen molar-refractivity contribution >= 4 is 5.91 Å². The van der Waals surface area contributed by atoms with E-state index in [2.05, 4.69) is 21.8 Å². The molecule has 4 heteroatoms. The minimum Gasteiger partial charge on any atom is -0.334 e. The first-order valence-electron chi connectivity index (χ1n) is 7.18. The van der Waals surface area contributed by atoms with E-state index in [9.17, 15) is 4.79 Å². The summed E-state index contributed by atoms with van der Waals surface area (Å²) < 4.78 is 0. The topological polar surface area (TPSA) is 36.4 Å². The molecule has 0 aliphatic carbocycles. The minimum atomic E-state index is 0.149. The first kappa shape index (κ1) is 12.6. The van der Waals surface area contributed by atoms with Gasteiger partial charge in [-0.05, 0) is 51.4 Å². The molecule has 4 nitrogen and oxygen atoms in total. The molecule has 0 unspecified atom stereocenters. The Morgan fingerprint density at radius 2 is 2.05 bits per heavy atom. The second kappa shape index (κ2) is 5.29. The highest BCUT2D eigenvalue weighted by atomic mass is 16.2. The molecular weight excluding hydrogens is 238 g/mol. The van der Waals surface area contributed by atoms with Crippen LogP contribution in [0.1, 0.15) is 36.0 Å². The van der Waals surface area contributed by atoms with Gasteiger partial charge < -0.3 is 9.80 Å². The van der Waals surface area contributed by atoms with Gasteiger partial charge in [-0.15, -0.1) is 0 Å². The number of hydrogen-bond acceptors (Lipinski definition) is 3. The number of hydrogen-bond donors (Lipinski definition) is 0. The van der Waals surface area contributed by atoms with E-state index in [4.69, 9.17) is 0 Å². The lowest BCUT2D eigenvalue weighted by atomic mass is 10.0. The normalized spacial score (nSPS) is 27.9. The van der Waals surface area contributed by atoms with E-state index in [1.807, 2.05) is 12.1 Å². The van der Waals surface area contributed by atoms with Gasteiger partial charge in [0.2, 0.25) is 0 Å². The molecule has 19 heavy (non-hydrogen) atoms. The van der Waals surface area contributed by atoms with Crippen LogP contribution in [0.3, 0.4) is 0 Å². The van der Waals surface area contributed by atoms with Crippen molar-refractivity contribution in [2.75, 3.05) is 20.1 Å². The van der Waals surface area contributed by atoms with Crippen molar-refractivity contribution in [2.45, 2.75) is 37.8 Å². The first-order valence-corrected chi connectivity index (χ1v) is 7.18. The summed E-state index contributed by atoms with van der Waals surface area (Å²) in [5, 5.41) is 0. The Labute approximate surface area is 114 Å². The molecule has 2 fully saturated rings. The monoisotopic (exact) mass is 259 g/mol. The van der Waals surface area contributed by atoms with E-state index in [1.54, 1.807) is 12.4 Å². The third-order valence-corrected chi connectivity index (χ3v) is 4.49. The van der Waals surface area contributed by atoms with Gasteiger partial charge in [0.15, 0.2) is 0 Å². The summed E-state index contributed by atoms with van der Waals surface area (Å²) in [4.78, 5) is 21.1. The Morgan fingerprint density at radius 3 is 2.74 bits per heavy atom. The van der Waals surface area contributed by atoms with Gasteiger partial charge >= 0.3 is 0 Å². The van der Waals surface area contributed by atoms with Crippen LogP contribution in [-0.2, 0) is 0 Å². The number of pyridine rings is 1. The molecule has 1 aromatic rings. The molecule has 1 aromatic heterocycles. The van der Waals surface area contributed by atoms with Crippen molar-refractivity contribution in [1.82, 2.24) is 14.8 Å². The smallest absolute Gasteiger partial charge is 0.255 e. The second-order valence-corrected chi connectivity index (χ2v) is 5.64. The number of carbonyl (C=O) groups is 1. The van der Waals surface area contributed by atoms with Crippen LogP contribution in [0.15, 0.2) is 24.5 Å². The molecule has 3 rings (SSSR count). The van der Waals surface area contributed by atoms with Gasteiger partial charge in [0.05, 0.1) is 5.56 Å². The number of rotatable bonds is 2. The number of likely N-dealkylation sites (tertiary alicyclic amines) is 2. The Bertz CT molecular complexity index is 448. The molecule has 0 radical (unpaired) electrons. The van der Waals surface area contributed by atoms with Gasteiger partial charge in [-0.2, -0.15) is 0 Å². The molecule has 0 N–H and O–H groups in total. The van der Waals surface area contributed by atoms with Crippen molar-refractivity contribution in [1.29, 1.82) is 0 Å². The van der Waals surface area contributed by atoms with Crippen molar-refractivity contribution in [3.05, 3.63) is 30.1 Å². The molecule has 0 saturated carbocycles.